The maximum Gasteiger partial charge on any atom is 0.227 e. The highest BCUT2D eigenvalue weighted by atomic mass is 16.7. The Morgan fingerprint density at radius 2 is 1.43 bits per heavy atom. The van der Waals surface area contributed by atoms with E-state index in [-0.39, 0.29) is 18.8 Å². The Labute approximate surface area is 378 Å². The lowest BCUT2D eigenvalue weighted by Crippen LogP contribution is -2.37. The summed E-state index contributed by atoms with van der Waals surface area (Å²) in [4.78, 5) is 30.7. The summed E-state index contributed by atoms with van der Waals surface area (Å²) in [5.41, 5.74) is 8.38. The minimum atomic E-state index is -0.419. The van der Waals surface area contributed by atoms with Crippen molar-refractivity contribution in [3.05, 3.63) is 108 Å². The molecule has 4 aliphatic rings. The van der Waals surface area contributed by atoms with Crippen molar-refractivity contribution in [2.24, 2.45) is 0 Å². The van der Waals surface area contributed by atoms with Crippen molar-refractivity contribution in [1.29, 1.82) is 0 Å². The molecule has 2 fully saturated rings. The summed E-state index contributed by atoms with van der Waals surface area (Å²) >= 11 is 0. The number of anilines is 6. The van der Waals surface area contributed by atoms with Gasteiger partial charge in [-0.15, -0.1) is 0 Å². The van der Waals surface area contributed by atoms with Crippen LogP contribution in [0.15, 0.2) is 85.5 Å². The van der Waals surface area contributed by atoms with Crippen LogP contribution in [0.2, 0.25) is 0 Å². The number of hydrogen-bond acceptors (Lipinski definition) is 16. The number of hydrogen-bond donors (Lipinski definition) is 5. The molecule has 0 radical (unpaired) electrons. The highest BCUT2D eigenvalue weighted by molar-refractivity contribution is 5.70. The number of benzene rings is 2. The van der Waals surface area contributed by atoms with Gasteiger partial charge in [-0.1, -0.05) is 26.0 Å². The fourth-order valence-electron chi connectivity index (χ4n) is 8.75. The van der Waals surface area contributed by atoms with Crippen LogP contribution in [0.1, 0.15) is 54.9 Å². The van der Waals surface area contributed by atoms with Crippen LogP contribution < -0.4 is 30.7 Å². The number of ether oxygens (including phenoxy) is 4. The highest BCUT2D eigenvalue weighted by Gasteiger charge is 2.37. The number of morpholine rings is 1. The van der Waals surface area contributed by atoms with E-state index < -0.39 is 5.41 Å². The van der Waals surface area contributed by atoms with Gasteiger partial charge < -0.3 is 45.3 Å². The van der Waals surface area contributed by atoms with Crippen molar-refractivity contribution in [2.45, 2.75) is 49.9 Å². The van der Waals surface area contributed by atoms with E-state index in [4.69, 9.17) is 33.9 Å². The van der Waals surface area contributed by atoms with E-state index in [1.165, 1.54) is 18.4 Å². The van der Waals surface area contributed by atoms with Gasteiger partial charge in [0.15, 0.2) is 6.79 Å². The van der Waals surface area contributed by atoms with Gasteiger partial charge in [0.1, 0.15) is 23.1 Å². The zero-order valence-corrected chi connectivity index (χ0v) is 37.1. The Kier molecular flexibility index (Phi) is 11.9. The van der Waals surface area contributed by atoms with Crippen LogP contribution in [-0.2, 0) is 26.7 Å². The predicted molar refractivity (Wildman–Crippen MR) is 250 cm³/mol. The lowest BCUT2D eigenvalue weighted by molar-refractivity contribution is -0.00440. The molecule has 4 aromatic heterocycles. The fourth-order valence-corrected chi connectivity index (χ4v) is 8.75. The number of nitrogens with one attached hydrogen (secondary N) is 4. The second-order valence-electron chi connectivity index (χ2n) is 17.9. The predicted octanol–water partition coefficient (Wildman–Crippen LogP) is 7.05. The summed E-state index contributed by atoms with van der Waals surface area (Å²) in [7, 11) is 1.67. The molecule has 0 spiro atoms. The van der Waals surface area contributed by atoms with E-state index in [0.717, 1.165) is 95.9 Å². The van der Waals surface area contributed by atoms with Gasteiger partial charge in [0.25, 0.3) is 0 Å². The Hall–Kier alpha value is -6.46. The standard InChI is InChI=1S/C49H55N11O5/c1-48(28-61)26-54-44-36(48)21-34(24-52-44)38-10-13-50-46(56-38)58-40-8-4-31(12-15-60-16-18-63-19-17-60)20-43(40)65-30-64-29-49(2)27-55-45-37(49)22-35(25-53-45)39-11-14-51-47(57-39)59-41-23-33(32-5-6-32)7-9-42(41)62-3/h4,7-11,13-14,20-25,32,61H,5-6,12,15-19,26-30H2,1-3H3,(H,52,54)(H,53,55)(H,50,56,58)(H,51,57,59). The number of aromatic nitrogens is 6. The van der Waals surface area contributed by atoms with Gasteiger partial charge in [0.05, 0.1) is 56.3 Å². The summed E-state index contributed by atoms with van der Waals surface area (Å²) in [6.07, 6.45) is 10.4. The average Bonchev–Trinajstić information content (AvgIpc) is 4.08. The minimum Gasteiger partial charge on any atom is -0.495 e. The molecule has 2 atom stereocenters. The number of aliphatic hydroxyl groups excluding tert-OH is 1. The molecule has 1 aliphatic carbocycles. The molecular formula is C49H55N11O5. The van der Waals surface area contributed by atoms with Crippen LogP contribution in [0.5, 0.6) is 11.5 Å². The molecule has 2 unspecified atom stereocenters. The zero-order valence-electron chi connectivity index (χ0n) is 37.1. The van der Waals surface area contributed by atoms with Crippen molar-refractivity contribution >= 4 is 34.9 Å². The van der Waals surface area contributed by atoms with Crippen LogP contribution in [0.3, 0.4) is 0 Å². The maximum atomic E-state index is 10.1. The van der Waals surface area contributed by atoms with Crippen LogP contribution in [-0.4, -0.2) is 113 Å². The van der Waals surface area contributed by atoms with Crippen molar-refractivity contribution in [1.82, 2.24) is 34.8 Å². The van der Waals surface area contributed by atoms with Gasteiger partial charge >= 0.3 is 0 Å². The average molecular weight is 878 g/mol. The molecule has 6 aromatic rings. The molecule has 336 valence electrons. The Bertz CT molecular complexity index is 2680. The van der Waals surface area contributed by atoms with E-state index in [2.05, 4.69) is 78.4 Å². The summed E-state index contributed by atoms with van der Waals surface area (Å²) in [5.74, 6) is 4.49. The lowest BCUT2D eigenvalue weighted by atomic mass is 9.85. The molecule has 7 heterocycles. The minimum absolute atomic E-state index is 0.0154. The molecule has 3 aliphatic heterocycles. The Morgan fingerprint density at radius 3 is 2.09 bits per heavy atom. The molecule has 10 rings (SSSR count). The van der Waals surface area contributed by atoms with Crippen LogP contribution >= 0.6 is 0 Å². The third-order valence-electron chi connectivity index (χ3n) is 13.0. The van der Waals surface area contributed by atoms with Gasteiger partial charge in [-0.3, -0.25) is 4.90 Å². The second-order valence-corrected chi connectivity index (χ2v) is 17.9. The first kappa shape index (κ1) is 42.5. The number of fused-ring (bicyclic) bond motifs is 2. The molecular weight excluding hydrogens is 823 g/mol. The summed E-state index contributed by atoms with van der Waals surface area (Å²) < 4.78 is 24.0. The number of pyridine rings is 2. The van der Waals surface area contributed by atoms with Gasteiger partial charge in [0, 0.05) is 90.6 Å². The molecule has 16 nitrogen and oxygen atoms in total. The van der Waals surface area contributed by atoms with E-state index in [1.54, 1.807) is 25.7 Å². The first-order chi connectivity index (χ1) is 31.8. The molecule has 65 heavy (non-hydrogen) atoms. The Morgan fingerprint density at radius 1 is 0.769 bits per heavy atom. The third-order valence-corrected chi connectivity index (χ3v) is 13.0. The van der Waals surface area contributed by atoms with Crippen molar-refractivity contribution in [3.63, 3.8) is 0 Å². The van der Waals surface area contributed by atoms with Gasteiger partial charge in [0.2, 0.25) is 11.9 Å². The molecule has 1 saturated carbocycles. The van der Waals surface area contributed by atoms with Crippen LogP contribution in [0.4, 0.5) is 34.9 Å². The summed E-state index contributed by atoms with van der Waals surface area (Å²) in [6.45, 7) is 10.2. The van der Waals surface area contributed by atoms with Gasteiger partial charge in [-0.2, -0.15) is 0 Å². The molecule has 0 amide bonds. The van der Waals surface area contributed by atoms with E-state index in [0.29, 0.717) is 54.6 Å². The summed E-state index contributed by atoms with van der Waals surface area (Å²) in [5, 5.41) is 23.7. The normalized spacial score (nSPS) is 20.1. The fraction of sp³-hybridized carbons (Fsp3) is 0.388. The maximum absolute atomic E-state index is 10.1. The monoisotopic (exact) mass is 877 g/mol. The first-order valence-electron chi connectivity index (χ1n) is 22.4. The molecule has 0 bridgehead atoms. The highest BCUT2D eigenvalue weighted by Crippen LogP contribution is 2.43. The number of rotatable bonds is 17. The van der Waals surface area contributed by atoms with Crippen molar-refractivity contribution < 1.29 is 24.1 Å². The SMILES string of the molecule is COc1ccc(C2CC2)cc1Nc1nccc(-c2cnc3c(c2)C(C)(COCOc2cc(CCN4CCOCC4)ccc2Nc2nccc(-c4cnc5c(c4)C(C)(CO)CN5)n2)CN3)n1. The molecule has 16 heteroatoms. The van der Waals surface area contributed by atoms with Gasteiger partial charge in [-0.05, 0) is 84.8 Å². The number of nitrogens with zero attached hydrogens (tertiary/aromatic N) is 7. The topological polar surface area (TPSA) is 186 Å². The van der Waals surface area contributed by atoms with Crippen molar-refractivity contribution in [2.75, 3.05) is 94.3 Å². The van der Waals surface area contributed by atoms with Gasteiger partial charge in [-0.25, -0.2) is 29.9 Å². The second kappa shape index (κ2) is 18.2. The Balaban J connectivity index is 0.834. The molecule has 1 saturated heterocycles. The van der Waals surface area contributed by atoms with E-state index >= 15 is 0 Å². The van der Waals surface area contributed by atoms with E-state index in [9.17, 15) is 5.11 Å². The van der Waals surface area contributed by atoms with Crippen molar-refractivity contribution in [3.8, 4) is 34.0 Å². The third kappa shape index (κ3) is 9.25. The van der Waals surface area contributed by atoms with E-state index in [1.807, 2.05) is 43.5 Å². The molecule has 5 N–H and O–H groups in total. The summed E-state index contributed by atoms with van der Waals surface area (Å²) in [6, 6.07) is 20.4. The number of methoxy groups -OCH3 is 1. The molecule has 2 aromatic carbocycles. The largest absolute Gasteiger partial charge is 0.495 e. The van der Waals surface area contributed by atoms with Crippen LogP contribution in [0, 0.1) is 0 Å². The quantitative estimate of drug-likeness (QED) is 0.0463. The lowest BCUT2D eigenvalue weighted by Gasteiger charge is -2.26. The smallest absolute Gasteiger partial charge is 0.227 e. The zero-order chi connectivity index (χ0) is 44.4. The van der Waals surface area contributed by atoms with Crippen LogP contribution in [0.25, 0.3) is 22.5 Å². The first-order valence-corrected chi connectivity index (χ1v) is 22.4. The number of aliphatic hydroxyl groups is 1.